The lowest BCUT2D eigenvalue weighted by molar-refractivity contribution is -0.167. The zero-order chi connectivity index (χ0) is 43.7. The molecule has 0 heterocycles. The third-order valence-corrected chi connectivity index (χ3v) is 11.7. The standard InChI is InChI=1S/C54H100O6/c1-4-7-10-13-16-19-22-25-27-28-30-32-35-38-41-44-47-53(56)59-50-51(49-58-52(55)46-43-40-37-34-31-24-21-18-15-12-9-6-3)60-54(57)48-45-42-39-36-33-29-26-23-20-17-14-11-8-5-2/h14,17,23,26,51H,4-13,15-16,18-22,24-25,27-50H2,1-3H3/b17-14-,26-23-. The van der Waals surface area contributed by atoms with E-state index >= 15 is 0 Å². The first kappa shape index (κ1) is 57.9. The van der Waals surface area contributed by atoms with E-state index < -0.39 is 6.10 Å². The van der Waals surface area contributed by atoms with Gasteiger partial charge in [0.2, 0.25) is 0 Å². The van der Waals surface area contributed by atoms with Crippen molar-refractivity contribution in [2.45, 2.75) is 290 Å². The molecule has 0 N–H and O–H groups in total. The molecule has 0 aromatic carbocycles. The Morgan fingerprint density at radius 3 is 0.967 bits per heavy atom. The number of unbranched alkanes of at least 4 members (excludes halogenated alkanes) is 33. The summed E-state index contributed by atoms with van der Waals surface area (Å²) in [7, 11) is 0. The average molecular weight is 845 g/mol. The van der Waals surface area contributed by atoms with E-state index in [1.165, 1.54) is 161 Å². The Kier molecular flexibility index (Phi) is 47.8. The Balaban J connectivity index is 4.34. The number of rotatable bonds is 48. The van der Waals surface area contributed by atoms with Crippen LogP contribution in [0.25, 0.3) is 0 Å². The van der Waals surface area contributed by atoms with E-state index in [2.05, 4.69) is 45.1 Å². The molecule has 0 amide bonds. The second-order valence-corrected chi connectivity index (χ2v) is 17.8. The van der Waals surface area contributed by atoms with Crippen LogP contribution >= 0.6 is 0 Å². The molecule has 0 aliphatic carbocycles. The summed E-state index contributed by atoms with van der Waals surface area (Å²) >= 11 is 0. The molecule has 352 valence electrons. The molecular weight excluding hydrogens is 745 g/mol. The zero-order valence-corrected chi connectivity index (χ0v) is 40.2. The van der Waals surface area contributed by atoms with E-state index in [1.807, 2.05) is 0 Å². The third kappa shape index (κ3) is 46.9. The largest absolute Gasteiger partial charge is 0.462 e. The van der Waals surface area contributed by atoms with Crippen LogP contribution in [-0.4, -0.2) is 37.2 Å². The first-order valence-corrected chi connectivity index (χ1v) is 26.3. The van der Waals surface area contributed by atoms with Gasteiger partial charge in [-0.1, -0.05) is 244 Å². The summed E-state index contributed by atoms with van der Waals surface area (Å²) in [5.74, 6) is -0.871. The molecule has 0 aromatic rings. The van der Waals surface area contributed by atoms with Gasteiger partial charge in [0.15, 0.2) is 6.10 Å². The van der Waals surface area contributed by atoms with Crippen LogP contribution in [0.2, 0.25) is 0 Å². The first-order valence-electron chi connectivity index (χ1n) is 26.3. The van der Waals surface area contributed by atoms with Crippen LogP contribution in [0, 0.1) is 0 Å². The van der Waals surface area contributed by atoms with Crippen molar-refractivity contribution >= 4 is 17.9 Å². The highest BCUT2D eigenvalue weighted by Gasteiger charge is 2.19. The molecule has 0 aliphatic rings. The van der Waals surface area contributed by atoms with Crippen molar-refractivity contribution in [1.82, 2.24) is 0 Å². The normalized spacial score (nSPS) is 12.1. The molecule has 0 radical (unpaired) electrons. The van der Waals surface area contributed by atoms with Crippen molar-refractivity contribution in [3.8, 4) is 0 Å². The SMILES string of the molecule is CCCC/C=C\C/C=C\CCCCCCCC(=O)OC(COC(=O)CCCCCCCCCCCCCC)COC(=O)CCCCCCCCCCCCCCCCCC. The monoisotopic (exact) mass is 845 g/mol. The van der Waals surface area contributed by atoms with E-state index in [9.17, 15) is 14.4 Å². The Morgan fingerprint density at radius 1 is 0.333 bits per heavy atom. The van der Waals surface area contributed by atoms with Crippen LogP contribution in [0.4, 0.5) is 0 Å². The fourth-order valence-electron chi connectivity index (χ4n) is 7.70. The van der Waals surface area contributed by atoms with Crippen molar-refractivity contribution in [1.29, 1.82) is 0 Å². The van der Waals surface area contributed by atoms with Gasteiger partial charge >= 0.3 is 17.9 Å². The fraction of sp³-hybridized carbons (Fsp3) is 0.870. The van der Waals surface area contributed by atoms with Gasteiger partial charge in [0.05, 0.1) is 0 Å². The topological polar surface area (TPSA) is 78.9 Å². The summed E-state index contributed by atoms with van der Waals surface area (Å²) in [5, 5.41) is 0. The molecule has 0 saturated carbocycles. The quantitative estimate of drug-likeness (QED) is 0.0263. The molecule has 6 heteroatoms. The highest BCUT2D eigenvalue weighted by atomic mass is 16.6. The Bertz CT molecular complexity index is 973. The summed E-state index contributed by atoms with van der Waals surface area (Å²) in [4.78, 5) is 37.9. The Morgan fingerprint density at radius 2 is 0.617 bits per heavy atom. The molecule has 0 saturated heterocycles. The van der Waals surface area contributed by atoms with Crippen LogP contribution in [0.5, 0.6) is 0 Å². The van der Waals surface area contributed by atoms with Crippen molar-refractivity contribution in [2.24, 2.45) is 0 Å². The summed E-state index contributed by atoms with van der Waals surface area (Å²) in [5.41, 5.74) is 0. The van der Waals surface area contributed by atoms with Gasteiger partial charge in [-0.3, -0.25) is 14.4 Å². The lowest BCUT2D eigenvalue weighted by Crippen LogP contribution is -2.30. The van der Waals surface area contributed by atoms with Crippen LogP contribution in [0.15, 0.2) is 24.3 Å². The smallest absolute Gasteiger partial charge is 0.306 e. The van der Waals surface area contributed by atoms with Crippen molar-refractivity contribution in [3.63, 3.8) is 0 Å². The van der Waals surface area contributed by atoms with Crippen molar-refractivity contribution in [2.75, 3.05) is 13.2 Å². The van der Waals surface area contributed by atoms with E-state index in [1.54, 1.807) is 0 Å². The molecule has 0 bridgehead atoms. The lowest BCUT2D eigenvalue weighted by Gasteiger charge is -2.18. The maximum Gasteiger partial charge on any atom is 0.306 e. The van der Waals surface area contributed by atoms with Gasteiger partial charge in [0.1, 0.15) is 13.2 Å². The summed E-state index contributed by atoms with van der Waals surface area (Å²) in [6.45, 7) is 6.61. The molecule has 60 heavy (non-hydrogen) atoms. The third-order valence-electron chi connectivity index (χ3n) is 11.7. The molecule has 1 unspecified atom stereocenters. The summed E-state index contributed by atoms with van der Waals surface area (Å²) in [6.07, 6.45) is 55.8. The van der Waals surface area contributed by atoms with Crippen LogP contribution < -0.4 is 0 Å². The number of allylic oxidation sites excluding steroid dienone is 4. The number of hydrogen-bond donors (Lipinski definition) is 0. The fourth-order valence-corrected chi connectivity index (χ4v) is 7.70. The van der Waals surface area contributed by atoms with Gasteiger partial charge in [-0.25, -0.2) is 0 Å². The molecule has 0 rings (SSSR count). The minimum atomic E-state index is -0.772. The molecule has 0 spiro atoms. The van der Waals surface area contributed by atoms with Gasteiger partial charge < -0.3 is 14.2 Å². The van der Waals surface area contributed by atoms with E-state index in [-0.39, 0.29) is 31.1 Å². The Labute approximate surface area is 373 Å². The van der Waals surface area contributed by atoms with E-state index in [0.717, 1.165) is 83.5 Å². The zero-order valence-electron chi connectivity index (χ0n) is 40.2. The van der Waals surface area contributed by atoms with Gasteiger partial charge in [0, 0.05) is 19.3 Å². The molecule has 6 nitrogen and oxygen atoms in total. The highest BCUT2D eigenvalue weighted by molar-refractivity contribution is 5.71. The number of carbonyl (C=O) groups excluding carboxylic acids is 3. The van der Waals surface area contributed by atoms with E-state index in [4.69, 9.17) is 14.2 Å². The van der Waals surface area contributed by atoms with E-state index in [0.29, 0.717) is 19.3 Å². The molecule has 0 fully saturated rings. The number of ether oxygens (including phenoxy) is 3. The van der Waals surface area contributed by atoms with Gasteiger partial charge in [-0.2, -0.15) is 0 Å². The minimum absolute atomic E-state index is 0.0721. The molecule has 0 aromatic heterocycles. The van der Waals surface area contributed by atoms with Crippen LogP contribution in [-0.2, 0) is 28.6 Å². The maximum absolute atomic E-state index is 12.8. The van der Waals surface area contributed by atoms with Crippen LogP contribution in [0.3, 0.4) is 0 Å². The summed E-state index contributed by atoms with van der Waals surface area (Å²) in [6, 6.07) is 0. The van der Waals surface area contributed by atoms with Crippen LogP contribution in [0.1, 0.15) is 284 Å². The summed E-state index contributed by atoms with van der Waals surface area (Å²) < 4.78 is 16.8. The predicted molar refractivity (Wildman–Crippen MR) is 256 cm³/mol. The molecular formula is C54H100O6. The average Bonchev–Trinajstić information content (AvgIpc) is 3.24. The first-order chi connectivity index (χ1) is 29.5. The molecule has 0 aliphatic heterocycles. The molecule has 1 atom stereocenters. The maximum atomic E-state index is 12.8. The second-order valence-electron chi connectivity index (χ2n) is 17.8. The lowest BCUT2D eigenvalue weighted by atomic mass is 10.0. The number of hydrogen-bond acceptors (Lipinski definition) is 6. The second kappa shape index (κ2) is 49.5. The predicted octanol–water partition coefficient (Wildman–Crippen LogP) is 17.2. The van der Waals surface area contributed by atoms with Gasteiger partial charge in [-0.05, 0) is 44.9 Å². The highest BCUT2D eigenvalue weighted by Crippen LogP contribution is 2.16. The number of esters is 3. The van der Waals surface area contributed by atoms with Gasteiger partial charge in [-0.15, -0.1) is 0 Å². The Hall–Kier alpha value is -2.11. The number of carbonyl (C=O) groups is 3. The van der Waals surface area contributed by atoms with Crippen molar-refractivity contribution < 1.29 is 28.6 Å². The minimum Gasteiger partial charge on any atom is -0.462 e. The van der Waals surface area contributed by atoms with Crippen molar-refractivity contribution in [3.05, 3.63) is 24.3 Å². The van der Waals surface area contributed by atoms with Gasteiger partial charge in [0.25, 0.3) is 0 Å².